The Morgan fingerprint density at radius 1 is 1.19 bits per heavy atom. The van der Waals surface area contributed by atoms with Crippen molar-refractivity contribution in [2.24, 2.45) is 10.9 Å². The van der Waals surface area contributed by atoms with Crippen molar-refractivity contribution in [2.45, 2.75) is 40.0 Å². The Morgan fingerprint density at radius 3 is 2.57 bits per heavy atom. The molecular weight excluding hydrogens is 397 g/mol. The monoisotopic (exact) mass is 431 g/mol. The van der Waals surface area contributed by atoms with E-state index >= 15 is 0 Å². The molecular formula is C15H34IN3OS. The van der Waals surface area contributed by atoms with Gasteiger partial charge in [-0.2, -0.15) is 11.8 Å². The Bertz CT molecular complexity index is 241. The van der Waals surface area contributed by atoms with Gasteiger partial charge in [-0.1, -0.05) is 13.8 Å². The van der Waals surface area contributed by atoms with Gasteiger partial charge in [0.05, 0.1) is 0 Å². The van der Waals surface area contributed by atoms with Gasteiger partial charge in [-0.05, 0) is 44.1 Å². The van der Waals surface area contributed by atoms with Crippen molar-refractivity contribution in [3.8, 4) is 0 Å². The average molecular weight is 431 g/mol. The van der Waals surface area contributed by atoms with Crippen molar-refractivity contribution < 1.29 is 4.74 Å². The van der Waals surface area contributed by atoms with Crippen LogP contribution in [0.4, 0.5) is 0 Å². The molecule has 6 heteroatoms. The topological polar surface area (TPSA) is 45.7 Å². The van der Waals surface area contributed by atoms with Crippen molar-refractivity contribution in [1.82, 2.24) is 10.6 Å². The standard InChI is InChI=1S/C15H33N3OS.HI/c1-5-16-15(17-9-6-7-12-20-4)18-10-8-11-19-13-14(2)3;/h14H,5-13H2,1-4H3,(H2,16,17,18);1H. The Balaban J connectivity index is 0. The molecule has 0 saturated carbocycles. The summed E-state index contributed by atoms with van der Waals surface area (Å²) in [5, 5.41) is 6.65. The van der Waals surface area contributed by atoms with Crippen molar-refractivity contribution in [1.29, 1.82) is 0 Å². The summed E-state index contributed by atoms with van der Waals surface area (Å²) >= 11 is 1.91. The summed E-state index contributed by atoms with van der Waals surface area (Å²) in [7, 11) is 0. The molecule has 21 heavy (non-hydrogen) atoms. The van der Waals surface area contributed by atoms with E-state index in [1.165, 1.54) is 18.6 Å². The van der Waals surface area contributed by atoms with Crippen molar-refractivity contribution in [2.75, 3.05) is 44.9 Å². The molecule has 4 nitrogen and oxygen atoms in total. The van der Waals surface area contributed by atoms with Gasteiger partial charge in [-0.25, -0.2) is 0 Å². The van der Waals surface area contributed by atoms with Crippen LogP contribution in [0.2, 0.25) is 0 Å². The van der Waals surface area contributed by atoms with E-state index < -0.39 is 0 Å². The highest BCUT2D eigenvalue weighted by Crippen LogP contribution is 1.97. The van der Waals surface area contributed by atoms with E-state index in [0.717, 1.165) is 45.2 Å². The molecule has 0 aliphatic rings. The molecule has 0 aliphatic heterocycles. The summed E-state index contributed by atoms with van der Waals surface area (Å²) in [6.07, 6.45) is 5.59. The lowest BCUT2D eigenvalue weighted by atomic mass is 10.2. The number of thioether (sulfide) groups is 1. The van der Waals surface area contributed by atoms with Crippen LogP contribution in [0, 0.1) is 5.92 Å². The number of nitrogens with zero attached hydrogens (tertiary/aromatic N) is 1. The van der Waals surface area contributed by atoms with Crippen LogP contribution in [0.5, 0.6) is 0 Å². The molecule has 0 fully saturated rings. The normalized spacial score (nSPS) is 11.4. The third-order valence-electron chi connectivity index (χ3n) is 2.58. The third-order valence-corrected chi connectivity index (χ3v) is 3.28. The minimum Gasteiger partial charge on any atom is -0.381 e. The van der Waals surface area contributed by atoms with Crippen LogP contribution in [0.25, 0.3) is 0 Å². The van der Waals surface area contributed by atoms with Crippen molar-refractivity contribution >= 4 is 41.7 Å². The molecule has 0 aromatic rings. The Labute approximate surface area is 152 Å². The van der Waals surface area contributed by atoms with Gasteiger partial charge in [0.15, 0.2) is 5.96 Å². The highest BCUT2D eigenvalue weighted by atomic mass is 127. The number of halogens is 1. The molecule has 0 amide bonds. The number of hydrogen-bond donors (Lipinski definition) is 2. The summed E-state index contributed by atoms with van der Waals surface area (Å²) in [5.41, 5.74) is 0. The van der Waals surface area contributed by atoms with Crippen molar-refractivity contribution in [3.05, 3.63) is 0 Å². The Hall–Kier alpha value is 0.310. The lowest BCUT2D eigenvalue weighted by Crippen LogP contribution is -2.38. The van der Waals surface area contributed by atoms with Crippen LogP contribution in [0.1, 0.15) is 40.0 Å². The van der Waals surface area contributed by atoms with E-state index in [2.05, 4.69) is 42.7 Å². The number of hydrogen-bond acceptors (Lipinski definition) is 3. The van der Waals surface area contributed by atoms with Crippen LogP contribution in [-0.4, -0.2) is 50.8 Å². The fraction of sp³-hybridized carbons (Fsp3) is 0.933. The minimum atomic E-state index is 0. The van der Waals surface area contributed by atoms with E-state index in [0.29, 0.717) is 5.92 Å². The van der Waals surface area contributed by atoms with Crippen molar-refractivity contribution in [3.63, 3.8) is 0 Å². The second-order valence-electron chi connectivity index (χ2n) is 5.21. The van der Waals surface area contributed by atoms with Crippen LogP contribution in [-0.2, 0) is 4.74 Å². The van der Waals surface area contributed by atoms with E-state index in [1.54, 1.807) is 0 Å². The average Bonchev–Trinajstić information content (AvgIpc) is 2.41. The van der Waals surface area contributed by atoms with E-state index in [9.17, 15) is 0 Å². The molecule has 0 aromatic heterocycles. The van der Waals surface area contributed by atoms with Gasteiger partial charge in [-0.3, -0.25) is 4.99 Å². The van der Waals surface area contributed by atoms with Gasteiger partial charge >= 0.3 is 0 Å². The quantitative estimate of drug-likeness (QED) is 0.215. The smallest absolute Gasteiger partial charge is 0.191 e. The van der Waals surface area contributed by atoms with E-state index in [1.807, 2.05) is 11.8 Å². The highest BCUT2D eigenvalue weighted by Gasteiger charge is 1.97. The van der Waals surface area contributed by atoms with Crippen LogP contribution >= 0.6 is 35.7 Å². The third kappa shape index (κ3) is 18.3. The Kier molecular flexibility index (Phi) is 20.6. The maximum Gasteiger partial charge on any atom is 0.191 e. The molecule has 0 heterocycles. The number of nitrogens with one attached hydrogen (secondary N) is 2. The predicted molar refractivity (Wildman–Crippen MR) is 107 cm³/mol. The zero-order valence-corrected chi connectivity index (χ0v) is 17.3. The van der Waals surface area contributed by atoms with Crippen LogP contribution in [0.15, 0.2) is 4.99 Å². The van der Waals surface area contributed by atoms with Crippen LogP contribution in [0.3, 0.4) is 0 Å². The highest BCUT2D eigenvalue weighted by molar-refractivity contribution is 14.0. The fourth-order valence-corrected chi connectivity index (χ4v) is 2.09. The lowest BCUT2D eigenvalue weighted by Gasteiger charge is -2.11. The van der Waals surface area contributed by atoms with Gasteiger partial charge in [0, 0.05) is 32.8 Å². The zero-order chi connectivity index (χ0) is 15.1. The number of ether oxygens (including phenoxy) is 1. The van der Waals surface area contributed by atoms with E-state index in [4.69, 9.17) is 4.74 Å². The zero-order valence-electron chi connectivity index (χ0n) is 14.1. The molecule has 0 aliphatic carbocycles. The number of rotatable bonds is 12. The fourth-order valence-electron chi connectivity index (χ4n) is 1.60. The van der Waals surface area contributed by atoms with Gasteiger partial charge in [0.1, 0.15) is 0 Å². The molecule has 0 rings (SSSR count). The first-order valence-electron chi connectivity index (χ1n) is 7.79. The van der Waals surface area contributed by atoms with E-state index in [-0.39, 0.29) is 24.0 Å². The maximum absolute atomic E-state index is 5.55. The molecule has 0 bridgehead atoms. The summed E-state index contributed by atoms with van der Waals surface area (Å²) < 4.78 is 5.55. The lowest BCUT2D eigenvalue weighted by molar-refractivity contribution is 0.109. The molecule has 0 atom stereocenters. The van der Waals surface area contributed by atoms with Gasteiger partial charge < -0.3 is 15.4 Å². The molecule has 0 unspecified atom stereocenters. The summed E-state index contributed by atoms with van der Waals surface area (Å²) in [4.78, 5) is 4.56. The molecule has 0 saturated heterocycles. The van der Waals surface area contributed by atoms with Gasteiger partial charge in [-0.15, -0.1) is 24.0 Å². The first-order chi connectivity index (χ1) is 9.70. The summed E-state index contributed by atoms with van der Waals surface area (Å²) in [5.74, 6) is 2.78. The molecule has 0 spiro atoms. The number of guanidine groups is 1. The number of unbranched alkanes of at least 4 members (excludes halogenated alkanes) is 1. The first-order valence-corrected chi connectivity index (χ1v) is 9.19. The molecule has 0 aromatic carbocycles. The molecule has 0 radical (unpaired) electrons. The molecule has 2 N–H and O–H groups in total. The van der Waals surface area contributed by atoms with Gasteiger partial charge in [0.2, 0.25) is 0 Å². The summed E-state index contributed by atoms with van der Waals surface area (Å²) in [6, 6.07) is 0. The Morgan fingerprint density at radius 2 is 1.95 bits per heavy atom. The molecule has 128 valence electrons. The predicted octanol–water partition coefficient (Wildman–Crippen LogP) is 3.37. The summed E-state index contributed by atoms with van der Waals surface area (Å²) in [6.45, 7) is 10.8. The van der Waals surface area contributed by atoms with Gasteiger partial charge in [0.25, 0.3) is 0 Å². The van der Waals surface area contributed by atoms with Crippen LogP contribution < -0.4 is 10.6 Å². The number of aliphatic imine (C=N–C) groups is 1. The SMILES string of the molecule is CCNC(=NCCCOCC(C)C)NCCCCSC.I. The second-order valence-corrected chi connectivity index (χ2v) is 6.20. The minimum absolute atomic E-state index is 0. The first kappa shape index (κ1) is 23.6. The second kappa shape index (κ2) is 18.4. The maximum atomic E-state index is 5.55. The largest absolute Gasteiger partial charge is 0.381 e.